The van der Waals surface area contributed by atoms with Gasteiger partial charge in [0, 0.05) is 6.20 Å². The maximum Gasteiger partial charge on any atom is 0.338 e. The Kier molecular flexibility index (Phi) is 3.88. The molecule has 0 spiro atoms. The van der Waals surface area contributed by atoms with Gasteiger partial charge in [0.1, 0.15) is 5.69 Å². The number of halogens is 3. The summed E-state index contributed by atoms with van der Waals surface area (Å²) in [7, 11) is 0. The van der Waals surface area contributed by atoms with Gasteiger partial charge in [0.2, 0.25) is 0 Å². The van der Waals surface area contributed by atoms with Gasteiger partial charge in [0.15, 0.2) is 17.5 Å². The van der Waals surface area contributed by atoms with Gasteiger partial charge >= 0.3 is 5.97 Å². The van der Waals surface area contributed by atoms with Crippen LogP contribution in [-0.2, 0) is 0 Å². The number of nitrogens with zero attached hydrogens (tertiary/aromatic N) is 1. The van der Waals surface area contributed by atoms with E-state index in [2.05, 4.69) is 4.98 Å². The molecule has 1 amide bonds. The lowest BCUT2D eigenvalue weighted by atomic mass is 10.2. The molecule has 0 saturated carbocycles. The predicted octanol–water partition coefficient (Wildman–Crippen LogP) is 2.45. The number of rotatable bonds is 3. The first-order valence-electron chi connectivity index (χ1n) is 5.55. The Hall–Kier alpha value is -2.90. The quantitative estimate of drug-likeness (QED) is 0.853. The van der Waals surface area contributed by atoms with Crippen molar-refractivity contribution in [3.63, 3.8) is 0 Å². The Morgan fingerprint density at radius 1 is 1.10 bits per heavy atom. The van der Waals surface area contributed by atoms with E-state index in [1.165, 1.54) is 12.3 Å². The predicted molar refractivity (Wildman–Crippen MR) is 65.5 cm³/mol. The third kappa shape index (κ3) is 2.83. The summed E-state index contributed by atoms with van der Waals surface area (Å²) in [5.74, 6) is -7.20. The Balaban J connectivity index is 2.35. The molecule has 108 valence electrons. The standard InChI is InChI=1S/C13H7F3N2O3/c14-7-3-4-8(10(16)9(7)15)18-12(19)11-6(13(20)21)2-1-5-17-11/h1-5H,(H,18,19)(H,20,21). The molecular formula is C13H7F3N2O3. The van der Waals surface area contributed by atoms with E-state index >= 15 is 0 Å². The average Bonchev–Trinajstić information content (AvgIpc) is 2.47. The molecule has 0 fully saturated rings. The molecule has 1 heterocycles. The number of carboxylic acid groups (broad SMARTS) is 1. The van der Waals surface area contributed by atoms with Gasteiger partial charge in [-0.15, -0.1) is 0 Å². The summed E-state index contributed by atoms with van der Waals surface area (Å²) >= 11 is 0. The summed E-state index contributed by atoms with van der Waals surface area (Å²) < 4.78 is 39.2. The maximum absolute atomic E-state index is 13.4. The molecule has 0 radical (unpaired) electrons. The number of aromatic nitrogens is 1. The van der Waals surface area contributed by atoms with Gasteiger partial charge < -0.3 is 10.4 Å². The van der Waals surface area contributed by atoms with Crippen molar-refractivity contribution >= 4 is 17.6 Å². The van der Waals surface area contributed by atoms with Crippen molar-refractivity contribution in [2.45, 2.75) is 0 Å². The van der Waals surface area contributed by atoms with E-state index in [4.69, 9.17) is 5.11 Å². The van der Waals surface area contributed by atoms with Crippen LogP contribution in [0.15, 0.2) is 30.5 Å². The largest absolute Gasteiger partial charge is 0.478 e. The number of carbonyl (C=O) groups excluding carboxylic acids is 1. The van der Waals surface area contributed by atoms with Crippen LogP contribution in [-0.4, -0.2) is 22.0 Å². The fraction of sp³-hybridized carbons (Fsp3) is 0. The van der Waals surface area contributed by atoms with Gasteiger partial charge in [-0.25, -0.2) is 18.0 Å². The lowest BCUT2D eigenvalue weighted by Crippen LogP contribution is -2.19. The van der Waals surface area contributed by atoms with Gasteiger partial charge in [-0.1, -0.05) is 0 Å². The number of pyridine rings is 1. The second-order valence-electron chi connectivity index (χ2n) is 3.88. The van der Waals surface area contributed by atoms with E-state index in [1.807, 2.05) is 5.32 Å². The molecule has 0 bridgehead atoms. The smallest absolute Gasteiger partial charge is 0.338 e. The summed E-state index contributed by atoms with van der Waals surface area (Å²) in [4.78, 5) is 26.4. The minimum atomic E-state index is -1.74. The van der Waals surface area contributed by atoms with E-state index in [1.54, 1.807) is 0 Å². The van der Waals surface area contributed by atoms with Gasteiger partial charge in [0.25, 0.3) is 5.91 Å². The highest BCUT2D eigenvalue weighted by Gasteiger charge is 2.20. The van der Waals surface area contributed by atoms with E-state index in [9.17, 15) is 22.8 Å². The SMILES string of the molecule is O=C(O)c1cccnc1C(=O)Nc1ccc(F)c(F)c1F. The number of hydrogen-bond donors (Lipinski definition) is 2. The van der Waals surface area contributed by atoms with Crippen LogP contribution >= 0.6 is 0 Å². The van der Waals surface area contributed by atoms with Crippen LogP contribution in [0.1, 0.15) is 20.8 Å². The van der Waals surface area contributed by atoms with Crippen LogP contribution in [0, 0.1) is 17.5 Å². The molecule has 21 heavy (non-hydrogen) atoms. The molecule has 1 aromatic carbocycles. The zero-order valence-electron chi connectivity index (χ0n) is 10.2. The number of nitrogens with one attached hydrogen (secondary N) is 1. The molecular weight excluding hydrogens is 289 g/mol. The van der Waals surface area contributed by atoms with Gasteiger partial charge in [-0.05, 0) is 24.3 Å². The summed E-state index contributed by atoms with van der Waals surface area (Å²) in [5.41, 5.74) is -1.51. The number of hydrogen-bond acceptors (Lipinski definition) is 3. The van der Waals surface area contributed by atoms with Crippen molar-refractivity contribution < 1.29 is 27.9 Å². The van der Waals surface area contributed by atoms with E-state index in [0.717, 1.165) is 12.1 Å². The number of carboxylic acids is 1. The Labute approximate surface area is 116 Å². The monoisotopic (exact) mass is 296 g/mol. The second-order valence-corrected chi connectivity index (χ2v) is 3.88. The zero-order valence-corrected chi connectivity index (χ0v) is 10.2. The number of aromatic carboxylic acids is 1. The fourth-order valence-corrected chi connectivity index (χ4v) is 1.56. The van der Waals surface area contributed by atoms with E-state index in [0.29, 0.717) is 6.07 Å². The molecule has 5 nitrogen and oxygen atoms in total. The molecule has 8 heteroatoms. The molecule has 2 aromatic rings. The van der Waals surface area contributed by atoms with Gasteiger partial charge in [-0.2, -0.15) is 0 Å². The first-order valence-corrected chi connectivity index (χ1v) is 5.55. The minimum absolute atomic E-state index is 0.405. The summed E-state index contributed by atoms with van der Waals surface area (Å²) in [6.45, 7) is 0. The zero-order chi connectivity index (χ0) is 15.6. The van der Waals surface area contributed by atoms with Gasteiger partial charge in [-0.3, -0.25) is 9.78 Å². The Morgan fingerprint density at radius 3 is 2.48 bits per heavy atom. The number of carbonyl (C=O) groups is 2. The van der Waals surface area contributed by atoms with Gasteiger partial charge in [0.05, 0.1) is 11.3 Å². The van der Waals surface area contributed by atoms with E-state index < -0.39 is 46.3 Å². The molecule has 0 aliphatic heterocycles. The highest BCUT2D eigenvalue weighted by molar-refractivity contribution is 6.09. The summed E-state index contributed by atoms with van der Waals surface area (Å²) in [6.07, 6.45) is 1.17. The Bertz CT molecular complexity index is 735. The number of amides is 1. The molecule has 0 aliphatic rings. The minimum Gasteiger partial charge on any atom is -0.478 e. The molecule has 0 aliphatic carbocycles. The second kappa shape index (κ2) is 5.61. The van der Waals surface area contributed by atoms with E-state index in [-0.39, 0.29) is 0 Å². The lowest BCUT2D eigenvalue weighted by Gasteiger charge is -2.08. The Morgan fingerprint density at radius 2 is 1.81 bits per heavy atom. The fourth-order valence-electron chi connectivity index (χ4n) is 1.56. The molecule has 0 saturated heterocycles. The van der Waals surface area contributed by atoms with Crippen LogP contribution in [0.4, 0.5) is 18.9 Å². The lowest BCUT2D eigenvalue weighted by molar-refractivity contribution is 0.0691. The van der Waals surface area contributed by atoms with Crippen molar-refractivity contribution in [3.05, 3.63) is 59.2 Å². The third-order valence-corrected chi connectivity index (χ3v) is 2.54. The normalized spacial score (nSPS) is 10.2. The molecule has 0 unspecified atom stereocenters. The number of benzene rings is 1. The molecule has 2 rings (SSSR count). The molecule has 1 aromatic heterocycles. The van der Waals surface area contributed by atoms with Crippen molar-refractivity contribution in [2.75, 3.05) is 5.32 Å². The van der Waals surface area contributed by atoms with Crippen molar-refractivity contribution in [1.82, 2.24) is 4.98 Å². The third-order valence-electron chi connectivity index (χ3n) is 2.54. The van der Waals surface area contributed by atoms with Crippen molar-refractivity contribution in [2.24, 2.45) is 0 Å². The van der Waals surface area contributed by atoms with Crippen LogP contribution in [0.3, 0.4) is 0 Å². The van der Waals surface area contributed by atoms with Crippen molar-refractivity contribution in [3.8, 4) is 0 Å². The molecule has 0 atom stereocenters. The van der Waals surface area contributed by atoms with Crippen LogP contribution in [0.25, 0.3) is 0 Å². The molecule has 2 N–H and O–H groups in total. The van der Waals surface area contributed by atoms with Crippen molar-refractivity contribution in [1.29, 1.82) is 0 Å². The average molecular weight is 296 g/mol. The first kappa shape index (κ1) is 14.5. The van der Waals surface area contributed by atoms with Crippen LogP contribution in [0.5, 0.6) is 0 Å². The highest BCUT2D eigenvalue weighted by Crippen LogP contribution is 2.20. The highest BCUT2D eigenvalue weighted by atomic mass is 19.2. The maximum atomic E-state index is 13.4. The van der Waals surface area contributed by atoms with Crippen LogP contribution in [0.2, 0.25) is 0 Å². The van der Waals surface area contributed by atoms with Crippen LogP contribution < -0.4 is 5.32 Å². The summed E-state index contributed by atoms with van der Waals surface area (Å²) in [5, 5.41) is 10.9. The first-order chi connectivity index (χ1) is 9.91. The summed E-state index contributed by atoms with van der Waals surface area (Å²) in [6, 6.07) is 3.88. The number of anilines is 1. The topological polar surface area (TPSA) is 79.3 Å².